The third-order valence-electron chi connectivity index (χ3n) is 11.7. The van der Waals surface area contributed by atoms with E-state index in [-0.39, 0.29) is 31.9 Å². The molecule has 67 heavy (non-hydrogen) atoms. The van der Waals surface area contributed by atoms with Crippen molar-refractivity contribution in [2.24, 2.45) is 0 Å². The molecule has 2 saturated heterocycles. The Morgan fingerprint density at radius 3 is 1.37 bits per heavy atom. The molecular formula is C53H52Cl4N6O4. The average molecular weight is 979 g/mol. The van der Waals surface area contributed by atoms with Gasteiger partial charge in [0.15, 0.2) is 11.4 Å². The Morgan fingerprint density at radius 1 is 0.582 bits per heavy atom. The lowest BCUT2D eigenvalue weighted by atomic mass is 10.0. The molecule has 2 fully saturated rings. The topological polar surface area (TPSA) is 80.6 Å². The average Bonchev–Trinajstić information content (AvgIpc) is 3.34. The molecule has 0 aromatic heterocycles. The van der Waals surface area contributed by atoms with Crippen molar-refractivity contribution in [2.75, 3.05) is 68.9 Å². The molecule has 6 aromatic carbocycles. The summed E-state index contributed by atoms with van der Waals surface area (Å²) in [6, 6.07) is 43.1. The molecule has 0 unspecified atom stereocenters. The van der Waals surface area contributed by atoms with Crippen LogP contribution >= 0.6 is 46.4 Å². The number of anilines is 2. The predicted octanol–water partition coefficient (Wildman–Crippen LogP) is 12.3. The standard InChI is InChI=1S/C27H27Cl2N3O2.C26H25Cl2N3O2/c1-19(33)18-34-24-11-12-26(25(29)15-24)32-14-13-31(16-20-3-9-23(30-2)10-4-20)17-27(32)21-5-7-22(28)8-6-21;1-29-22-8-2-19(3-9-22)17-30-12-13-31(26(18-30)20-4-6-21(27)7-5-20)25-11-10-23(16-24(25)28)33-15-14-32/h3-12,15,19,27,33H,13-14,16-18H2,1H3;2-11,16,26,32H,12-15,17-18H2/t19-,27+;26-/m10/s1. The molecule has 14 heteroatoms. The fourth-order valence-electron chi connectivity index (χ4n) is 8.35. The smallest absolute Gasteiger partial charge is 0.187 e. The molecular weight excluding hydrogens is 926 g/mol. The summed E-state index contributed by atoms with van der Waals surface area (Å²) in [5.41, 5.74) is 7.93. The lowest BCUT2D eigenvalue weighted by molar-refractivity contribution is 0.123. The minimum absolute atomic E-state index is 0.0411. The molecule has 0 amide bonds. The van der Waals surface area contributed by atoms with Crippen LogP contribution in [0.2, 0.25) is 20.1 Å². The number of benzene rings is 6. The number of aliphatic hydroxyl groups is 2. The molecule has 0 saturated carbocycles. The van der Waals surface area contributed by atoms with E-state index in [1.54, 1.807) is 13.0 Å². The Labute approximate surface area is 413 Å². The van der Waals surface area contributed by atoms with Crippen LogP contribution < -0.4 is 19.3 Å². The highest BCUT2D eigenvalue weighted by atomic mass is 35.5. The summed E-state index contributed by atoms with van der Waals surface area (Å²) >= 11 is 25.7. The molecule has 346 valence electrons. The van der Waals surface area contributed by atoms with Gasteiger partial charge in [-0.05, 0) is 77.7 Å². The van der Waals surface area contributed by atoms with Crippen molar-refractivity contribution in [3.8, 4) is 11.5 Å². The van der Waals surface area contributed by atoms with E-state index < -0.39 is 6.10 Å². The summed E-state index contributed by atoms with van der Waals surface area (Å²) < 4.78 is 11.1. The van der Waals surface area contributed by atoms with Gasteiger partial charge in [-0.1, -0.05) is 119 Å². The minimum atomic E-state index is -0.543. The van der Waals surface area contributed by atoms with Crippen LogP contribution in [0.15, 0.2) is 133 Å². The van der Waals surface area contributed by atoms with Gasteiger partial charge >= 0.3 is 0 Å². The van der Waals surface area contributed by atoms with E-state index in [4.69, 9.17) is 74.1 Å². The summed E-state index contributed by atoms with van der Waals surface area (Å²) in [5, 5.41) is 21.1. The number of rotatable bonds is 14. The first kappa shape index (κ1) is 49.4. The quantitative estimate of drug-likeness (QED) is 0.105. The van der Waals surface area contributed by atoms with Crippen molar-refractivity contribution in [1.82, 2.24) is 9.80 Å². The number of halogens is 4. The fraction of sp³-hybridized carbons (Fsp3) is 0.283. The highest BCUT2D eigenvalue weighted by molar-refractivity contribution is 6.34. The molecule has 10 nitrogen and oxygen atoms in total. The second-order valence-electron chi connectivity index (χ2n) is 16.5. The lowest BCUT2D eigenvalue weighted by Crippen LogP contribution is -2.48. The van der Waals surface area contributed by atoms with E-state index in [1.807, 2.05) is 103 Å². The van der Waals surface area contributed by atoms with E-state index in [2.05, 4.69) is 53.6 Å². The van der Waals surface area contributed by atoms with E-state index in [0.29, 0.717) is 43.0 Å². The van der Waals surface area contributed by atoms with Gasteiger partial charge < -0.3 is 29.5 Å². The number of hydrogen-bond donors (Lipinski definition) is 2. The Bertz CT molecular complexity index is 2620. The van der Waals surface area contributed by atoms with Gasteiger partial charge in [-0.2, -0.15) is 0 Å². The van der Waals surface area contributed by atoms with E-state index in [1.165, 1.54) is 22.3 Å². The SMILES string of the molecule is [C-]#[N+]c1ccc(CN2CCN(c3ccc(OCCO)cc3Cl)[C@H](c3ccc(Cl)cc3)C2)cc1.[C-]#[N+]c1ccc(CN2CCN(c3ccc(OC[C@@H](C)O)cc3Cl)[C@H](c3ccc(Cl)cc3)C2)cc1. The minimum Gasteiger partial charge on any atom is -0.491 e. The second-order valence-corrected chi connectivity index (χ2v) is 18.2. The number of nitrogens with zero attached hydrogens (tertiary/aromatic N) is 6. The van der Waals surface area contributed by atoms with Crippen LogP contribution in [-0.4, -0.2) is 85.2 Å². The molecule has 0 aliphatic carbocycles. The third-order valence-corrected chi connectivity index (χ3v) is 12.8. The van der Waals surface area contributed by atoms with Crippen molar-refractivity contribution < 1.29 is 19.7 Å². The molecule has 2 aliphatic rings. The van der Waals surface area contributed by atoms with Crippen LogP contribution in [-0.2, 0) is 13.1 Å². The first-order valence-corrected chi connectivity index (χ1v) is 23.6. The van der Waals surface area contributed by atoms with Crippen LogP contribution in [0, 0.1) is 13.1 Å². The Morgan fingerprint density at radius 2 is 1.00 bits per heavy atom. The lowest BCUT2D eigenvalue weighted by Gasteiger charge is -2.43. The maximum atomic E-state index is 9.49. The van der Waals surface area contributed by atoms with Gasteiger partial charge in [-0.15, -0.1) is 0 Å². The van der Waals surface area contributed by atoms with Crippen molar-refractivity contribution in [1.29, 1.82) is 0 Å². The van der Waals surface area contributed by atoms with Crippen LogP contribution in [0.3, 0.4) is 0 Å². The molecule has 2 N–H and O–H groups in total. The van der Waals surface area contributed by atoms with Crippen LogP contribution in [0.1, 0.15) is 41.3 Å². The second kappa shape index (κ2) is 24.0. The molecule has 2 heterocycles. The molecule has 3 atom stereocenters. The zero-order valence-electron chi connectivity index (χ0n) is 37.1. The maximum Gasteiger partial charge on any atom is 0.187 e. The first-order valence-electron chi connectivity index (χ1n) is 22.1. The van der Waals surface area contributed by atoms with Gasteiger partial charge in [0.2, 0.25) is 0 Å². The number of ether oxygens (including phenoxy) is 2. The molecule has 0 radical (unpaired) electrons. The Hall–Kier alpha value is -5.50. The van der Waals surface area contributed by atoms with E-state index in [9.17, 15) is 5.11 Å². The molecule has 0 spiro atoms. The normalized spacial score (nSPS) is 16.9. The molecule has 0 bridgehead atoms. The first-order chi connectivity index (χ1) is 32.5. The predicted molar refractivity (Wildman–Crippen MR) is 272 cm³/mol. The number of piperazine rings is 2. The summed E-state index contributed by atoms with van der Waals surface area (Å²) in [6.45, 7) is 23.1. The van der Waals surface area contributed by atoms with Gasteiger partial charge in [0.25, 0.3) is 0 Å². The van der Waals surface area contributed by atoms with Gasteiger partial charge in [0.05, 0.1) is 59.4 Å². The molecule has 6 aromatic rings. The van der Waals surface area contributed by atoms with Crippen LogP contribution in [0.4, 0.5) is 22.7 Å². The van der Waals surface area contributed by atoms with Gasteiger partial charge in [0.1, 0.15) is 24.7 Å². The molecule has 2 aliphatic heterocycles. The third kappa shape index (κ3) is 13.6. The van der Waals surface area contributed by atoms with Gasteiger partial charge in [-0.25, -0.2) is 9.69 Å². The fourth-order valence-corrected chi connectivity index (χ4v) is 9.16. The Balaban J connectivity index is 0.000000199. The molecule has 8 rings (SSSR count). The highest BCUT2D eigenvalue weighted by Gasteiger charge is 2.31. The monoisotopic (exact) mass is 976 g/mol. The summed E-state index contributed by atoms with van der Waals surface area (Å²) in [6.07, 6.45) is -0.543. The van der Waals surface area contributed by atoms with Crippen molar-refractivity contribution in [2.45, 2.75) is 38.2 Å². The summed E-state index contributed by atoms with van der Waals surface area (Å²) in [4.78, 5) is 16.5. The van der Waals surface area contributed by atoms with Crippen LogP contribution in [0.25, 0.3) is 9.69 Å². The summed E-state index contributed by atoms with van der Waals surface area (Å²) in [7, 11) is 0. The highest BCUT2D eigenvalue weighted by Crippen LogP contribution is 2.39. The van der Waals surface area contributed by atoms with Crippen molar-refractivity contribution in [3.05, 3.63) is 199 Å². The zero-order valence-corrected chi connectivity index (χ0v) is 40.1. The van der Waals surface area contributed by atoms with Crippen molar-refractivity contribution >= 4 is 69.2 Å². The number of hydrogen-bond acceptors (Lipinski definition) is 8. The summed E-state index contributed by atoms with van der Waals surface area (Å²) in [5.74, 6) is 1.28. The van der Waals surface area contributed by atoms with Gasteiger partial charge in [0, 0.05) is 74.5 Å². The van der Waals surface area contributed by atoms with Gasteiger partial charge in [-0.3, -0.25) is 9.80 Å². The maximum absolute atomic E-state index is 9.49. The van der Waals surface area contributed by atoms with Crippen LogP contribution in [0.5, 0.6) is 11.5 Å². The number of aliphatic hydroxyl groups excluding tert-OH is 2. The zero-order chi connectivity index (χ0) is 47.3. The van der Waals surface area contributed by atoms with Crippen molar-refractivity contribution in [3.63, 3.8) is 0 Å². The largest absolute Gasteiger partial charge is 0.491 e. The van der Waals surface area contributed by atoms with E-state index in [0.717, 1.165) is 63.7 Å². The van der Waals surface area contributed by atoms with E-state index >= 15 is 0 Å². The Kier molecular flexibility index (Phi) is 17.7.